The number of methoxy groups -OCH3 is 1. The number of amides is 3. The van der Waals surface area contributed by atoms with Crippen LogP contribution in [0.3, 0.4) is 0 Å². The highest BCUT2D eigenvalue weighted by atomic mass is 16.5. The summed E-state index contributed by atoms with van der Waals surface area (Å²) in [6.07, 6.45) is 0.162. The van der Waals surface area contributed by atoms with Crippen LogP contribution >= 0.6 is 0 Å². The van der Waals surface area contributed by atoms with E-state index in [4.69, 9.17) is 4.74 Å². The second kappa shape index (κ2) is 9.72. The zero-order valence-electron chi connectivity index (χ0n) is 18.2. The maximum atomic E-state index is 12.6. The molecule has 0 saturated carbocycles. The molecule has 8 nitrogen and oxygen atoms in total. The van der Waals surface area contributed by atoms with Crippen molar-refractivity contribution in [3.63, 3.8) is 0 Å². The Labute approximate surface area is 187 Å². The van der Waals surface area contributed by atoms with E-state index in [0.717, 1.165) is 30.2 Å². The van der Waals surface area contributed by atoms with E-state index in [1.807, 2.05) is 54.6 Å². The van der Waals surface area contributed by atoms with Crippen LogP contribution in [-0.2, 0) is 14.4 Å². The minimum atomic E-state index is -0.442. The van der Waals surface area contributed by atoms with Crippen LogP contribution in [0.25, 0.3) is 0 Å². The van der Waals surface area contributed by atoms with Gasteiger partial charge in [-0.15, -0.1) is 0 Å². The molecule has 2 heterocycles. The van der Waals surface area contributed by atoms with Crippen LogP contribution in [0.5, 0.6) is 5.75 Å². The molecule has 8 heteroatoms. The maximum absolute atomic E-state index is 12.6. The van der Waals surface area contributed by atoms with Crippen molar-refractivity contribution < 1.29 is 19.1 Å². The lowest BCUT2D eigenvalue weighted by Crippen LogP contribution is -2.51. The summed E-state index contributed by atoms with van der Waals surface area (Å²) < 4.78 is 5.20. The highest BCUT2D eigenvalue weighted by molar-refractivity contribution is 6.00. The fraction of sp³-hybridized carbons (Fsp3) is 0.375. The van der Waals surface area contributed by atoms with Gasteiger partial charge in [-0.2, -0.15) is 0 Å². The van der Waals surface area contributed by atoms with Crippen LogP contribution < -0.4 is 19.9 Å². The number of piperazine rings is 1. The molecule has 2 aromatic rings. The van der Waals surface area contributed by atoms with Crippen molar-refractivity contribution in [2.45, 2.75) is 6.42 Å². The third kappa shape index (κ3) is 4.85. The van der Waals surface area contributed by atoms with E-state index in [1.165, 1.54) is 0 Å². The quantitative estimate of drug-likeness (QED) is 0.743. The fourth-order valence-corrected chi connectivity index (χ4v) is 4.17. The van der Waals surface area contributed by atoms with Gasteiger partial charge in [0.05, 0.1) is 19.6 Å². The average Bonchev–Trinajstić information content (AvgIpc) is 3.24. The first-order valence-corrected chi connectivity index (χ1v) is 10.8. The monoisotopic (exact) mass is 436 g/mol. The number of carbonyl (C=O) groups excluding carboxylic acids is 3. The Morgan fingerprint density at radius 3 is 2.31 bits per heavy atom. The first kappa shape index (κ1) is 21.7. The topological polar surface area (TPSA) is 82.2 Å². The fourth-order valence-electron chi connectivity index (χ4n) is 4.17. The molecule has 4 rings (SSSR count). The van der Waals surface area contributed by atoms with Gasteiger partial charge in [-0.25, -0.2) is 0 Å². The van der Waals surface area contributed by atoms with Gasteiger partial charge in [0, 0.05) is 50.5 Å². The Balaban J connectivity index is 1.23. The van der Waals surface area contributed by atoms with Gasteiger partial charge in [0.2, 0.25) is 17.7 Å². The molecule has 0 aliphatic carbocycles. The minimum absolute atomic E-state index is 0.0442. The SMILES string of the molecule is COc1ccc(N2CCN(C(=O)CNC(=O)[C@@H]3CC(=O)N(c4ccccc4)C3)CC2)cc1. The van der Waals surface area contributed by atoms with Gasteiger partial charge < -0.3 is 24.8 Å². The summed E-state index contributed by atoms with van der Waals surface area (Å²) in [7, 11) is 1.64. The standard InChI is InChI=1S/C24H28N4O4/c1-32-21-9-7-19(8-10-21)26-11-13-27(14-12-26)23(30)16-25-24(31)18-15-22(29)28(17-18)20-5-3-2-4-6-20/h2-10,18H,11-17H2,1H3,(H,25,31)/t18-/m1/s1. The van der Waals surface area contributed by atoms with Gasteiger partial charge in [0.25, 0.3) is 0 Å². The molecule has 2 saturated heterocycles. The molecular weight excluding hydrogens is 408 g/mol. The predicted octanol–water partition coefficient (Wildman–Crippen LogP) is 1.51. The number of para-hydroxylation sites is 1. The van der Waals surface area contributed by atoms with Crippen molar-refractivity contribution in [3.05, 3.63) is 54.6 Å². The number of nitrogens with one attached hydrogen (secondary N) is 1. The minimum Gasteiger partial charge on any atom is -0.497 e. The molecule has 3 amide bonds. The summed E-state index contributed by atoms with van der Waals surface area (Å²) in [5.74, 6) is -0.0483. The number of benzene rings is 2. The van der Waals surface area contributed by atoms with Crippen molar-refractivity contribution in [1.29, 1.82) is 0 Å². The summed E-state index contributed by atoms with van der Waals surface area (Å²) in [5.41, 5.74) is 1.89. The summed E-state index contributed by atoms with van der Waals surface area (Å²) in [6, 6.07) is 17.2. The van der Waals surface area contributed by atoms with Gasteiger partial charge >= 0.3 is 0 Å². The molecule has 0 radical (unpaired) electrons. The van der Waals surface area contributed by atoms with Crippen LogP contribution in [0.15, 0.2) is 54.6 Å². The van der Waals surface area contributed by atoms with Crippen molar-refractivity contribution in [1.82, 2.24) is 10.2 Å². The molecular formula is C24H28N4O4. The van der Waals surface area contributed by atoms with Crippen molar-refractivity contribution >= 4 is 29.1 Å². The van der Waals surface area contributed by atoms with Gasteiger partial charge in [0.1, 0.15) is 5.75 Å². The molecule has 168 valence electrons. The molecule has 1 N–H and O–H groups in total. The van der Waals surface area contributed by atoms with E-state index in [2.05, 4.69) is 10.2 Å². The number of rotatable bonds is 6. The number of anilines is 2. The van der Waals surface area contributed by atoms with Crippen LogP contribution in [0, 0.1) is 5.92 Å². The van der Waals surface area contributed by atoms with E-state index in [1.54, 1.807) is 16.9 Å². The van der Waals surface area contributed by atoms with Crippen molar-refractivity contribution in [2.75, 3.05) is 56.2 Å². The molecule has 0 spiro atoms. The lowest BCUT2D eigenvalue weighted by molar-refractivity contribution is -0.134. The smallest absolute Gasteiger partial charge is 0.242 e. The Hall–Kier alpha value is -3.55. The van der Waals surface area contributed by atoms with Crippen LogP contribution in [0.1, 0.15) is 6.42 Å². The molecule has 0 aromatic heterocycles. The van der Waals surface area contributed by atoms with E-state index >= 15 is 0 Å². The summed E-state index contributed by atoms with van der Waals surface area (Å²) in [4.78, 5) is 43.1. The Kier molecular flexibility index (Phi) is 6.58. The predicted molar refractivity (Wildman–Crippen MR) is 122 cm³/mol. The van der Waals surface area contributed by atoms with Gasteiger partial charge in [-0.1, -0.05) is 18.2 Å². The molecule has 0 bridgehead atoms. The zero-order valence-corrected chi connectivity index (χ0v) is 18.2. The largest absolute Gasteiger partial charge is 0.497 e. The lowest BCUT2D eigenvalue weighted by Gasteiger charge is -2.36. The number of hydrogen-bond donors (Lipinski definition) is 1. The first-order chi connectivity index (χ1) is 15.5. The second-order valence-corrected chi connectivity index (χ2v) is 8.02. The van der Waals surface area contributed by atoms with E-state index in [9.17, 15) is 14.4 Å². The normalized spacial score (nSPS) is 18.6. The van der Waals surface area contributed by atoms with E-state index in [-0.39, 0.29) is 30.7 Å². The maximum Gasteiger partial charge on any atom is 0.242 e. The number of nitrogens with zero attached hydrogens (tertiary/aromatic N) is 3. The lowest BCUT2D eigenvalue weighted by atomic mass is 10.1. The van der Waals surface area contributed by atoms with Crippen molar-refractivity contribution in [3.8, 4) is 5.75 Å². The molecule has 32 heavy (non-hydrogen) atoms. The molecule has 2 aliphatic heterocycles. The zero-order chi connectivity index (χ0) is 22.5. The van der Waals surface area contributed by atoms with Gasteiger partial charge in [0.15, 0.2) is 0 Å². The molecule has 2 fully saturated rings. The van der Waals surface area contributed by atoms with E-state index < -0.39 is 5.92 Å². The van der Waals surface area contributed by atoms with Crippen LogP contribution in [-0.4, -0.2) is 69.0 Å². The Bertz CT molecular complexity index is 956. The summed E-state index contributed by atoms with van der Waals surface area (Å²) in [5, 5.41) is 2.73. The number of carbonyl (C=O) groups is 3. The van der Waals surface area contributed by atoms with E-state index in [0.29, 0.717) is 19.6 Å². The highest BCUT2D eigenvalue weighted by Gasteiger charge is 2.35. The van der Waals surface area contributed by atoms with Gasteiger partial charge in [-0.05, 0) is 36.4 Å². The summed E-state index contributed by atoms with van der Waals surface area (Å²) >= 11 is 0. The Morgan fingerprint density at radius 2 is 1.66 bits per heavy atom. The average molecular weight is 437 g/mol. The van der Waals surface area contributed by atoms with Crippen molar-refractivity contribution in [2.24, 2.45) is 5.92 Å². The first-order valence-electron chi connectivity index (χ1n) is 10.8. The van der Waals surface area contributed by atoms with Gasteiger partial charge in [-0.3, -0.25) is 14.4 Å². The third-order valence-corrected chi connectivity index (χ3v) is 6.05. The van der Waals surface area contributed by atoms with Crippen LogP contribution in [0.4, 0.5) is 11.4 Å². The third-order valence-electron chi connectivity index (χ3n) is 6.05. The molecule has 0 unspecified atom stereocenters. The summed E-state index contributed by atoms with van der Waals surface area (Å²) in [6.45, 7) is 2.96. The highest BCUT2D eigenvalue weighted by Crippen LogP contribution is 2.25. The number of ether oxygens (including phenoxy) is 1. The second-order valence-electron chi connectivity index (χ2n) is 8.02. The number of hydrogen-bond acceptors (Lipinski definition) is 5. The molecule has 2 aromatic carbocycles. The molecule has 2 aliphatic rings. The molecule has 1 atom stereocenters. The van der Waals surface area contributed by atoms with Crippen LogP contribution in [0.2, 0.25) is 0 Å². The Morgan fingerprint density at radius 1 is 0.969 bits per heavy atom.